The summed E-state index contributed by atoms with van der Waals surface area (Å²) in [6.07, 6.45) is 0. The minimum Gasteiger partial charge on any atom is -0.197 e. The molecule has 0 fully saturated rings. The van der Waals surface area contributed by atoms with Crippen LogP contribution in [-0.4, -0.2) is 0 Å². The summed E-state index contributed by atoms with van der Waals surface area (Å²) < 4.78 is 0. The molecule has 42 valence electrons. The molecule has 0 N–H and O–H groups in total. The summed E-state index contributed by atoms with van der Waals surface area (Å²) in [4.78, 5) is 0. The zero-order valence-electron chi connectivity index (χ0n) is 2.17. The molecule has 0 saturated carbocycles. The van der Waals surface area contributed by atoms with Gasteiger partial charge in [-0.05, 0) is 0 Å². The van der Waals surface area contributed by atoms with E-state index in [1.54, 1.807) is 0 Å². The van der Waals surface area contributed by atoms with Crippen LogP contribution < -0.4 is 0 Å². The standard InChI is InChI=1S/2Co.3H2S/h;;3*1H2. The SMILES string of the molecule is S.S.S.[Co].[Co]. The average molecular weight is 220 g/mol. The fraction of sp³-hybridized carbons (Fsp3) is 0. The van der Waals surface area contributed by atoms with Gasteiger partial charge in [0, 0.05) is 33.6 Å². The Hall–Kier alpha value is 2.06. The van der Waals surface area contributed by atoms with Crippen molar-refractivity contribution >= 4 is 40.5 Å². The van der Waals surface area contributed by atoms with Gasteiger partial charge in [-0.3, -0.25) is 0 Å². The van der Waals surface area contributed by atoms with Crippen molar-refractivity contribution in [2.75, 3.05) is 0 Å². The fourth-order valence-electron chi connectivity index (χ4n) is 0. The molecule has 0 atom stereocenters. The molecule has 0 aliphatic carbocycles. The molecule has 0 rings (SSSR count). The zero-order chi connectivity index (χ0) is 0. The number of hydrogen-bond donors (Lipinski definition) is 0. The first kappa shape index (κ1) is 61.0. The summed E-state index contributed by atoms with van der Waals surface area (Å²) in [5.74, 6) is 0. The molecule has 2 radical (unpaired) electrons. The van der Waals surface area contributed by atoms with Crippen LogP contribution in [0.2, 0.25) is 0 Å². The van der Waals surface area contributed by atoms with Crippen molar-refractivity contribution in [3.8, 4) is 0 Å². The van der Waals surface area contributed by atoms with Gasteiger partial charge in [-0.25, -0.2) is 0 Å². The average Bonchev–Trinajstić information content (AvgIpc) is 0. The van der Waals surface area contributed by atoms with Crippen LogP contribution in [-0.2, 0) is 33.6 Å². The molecule has 0 unspecified atom stereocenters. The van der Waals surface area contributed by atoms with E-state index < -0.39 is 0 Å². The van der Waals surface area contributed by atoms with E-state index >= 15 is 0 Å². The quantitative estimate of drug-likeness (QED) is 0.552. The zero-order valence-corrected chi connectivity index (χ0v) is 7.25. The Bertz CT molecular complexity index is 4.85. The smallest absolute Gasteiger partial charge is 0 e. The fourth-order valence-corrected chi connectivity index (χ4v) is 0. The van der Waals surface area contributed by atoms with E-state index in [1.807, 2.05) is 0 Å². The van der Waals surface area contributed by atoms with Crippen molar-refractivity contribution in [2.24, 2.45) is 0 Å². The summed E-state index contributed by atoms with van der Waals surface area (Å²) in [5.41, 5.74) is 0. The van der Waals surface area contributed by atoms with E-state index in [2.05, 4.69) is 0 Å². The Morgan fingerprint density at radius 1 is 0.400 bits per heavy atom. The summed E-state index contributed by atoms with van der Waals surface area (Å²) in [6.45, 7) is 0. The Labute approximate surface area is 73.6 Å². The van der Waals surface area contributed by atoms with Crippen LogP contribution in [0, 0.1) is 0 Å². The van der Waals surface area contributed by atoms with Crippen molar-refractivity contribution < 1.29 is 33.6 Å². The van der Waals surface area contributed by atoms with Gasteiger partial charge < -0.3 is 0 Å². The molecule has 0 aliphatic heterocycles. The van der Waals surface area contributed by atoms with Gasteiger partial charge in [0.05, 0.1) is 0 Å². The Balaban J connectivity index is 0. The molecule has 0 aromatic carbocycles. The Kier molecular flexibility index (Phi) is 446. The van der Waals surface area contributed by atoms with Crippen LogP contribution in [0.5, 0.6) is 0 Å². The van der Waals surface area contributed by atoms with Crippen LogP contribution in [0.15, 0.2) is 0 Å². The maximum absolute atomic E-state index is 0. The third-order valence-corrected chi connectivity index (χ3v) is 0. The van der Waals surface area contributed by atoms with Crippen LogP contribution in [0.4, 0.5) is 0 Å². The predicted molar refractivity (Wildman–Crippen MR) is 31.1 cm³/mol. The second kappa shape index (κ2) is 36.5. The minimum absolute atomic E-state index is 0. The first-order chi connectivity index (χ1) is 0. The first-order valence-corrected chi connectivity index (χ1v) is 0. The van der Waals surface area contributed by atoms with Gasteiger partial charge in [0.1, 0.15) is 0 Å². The van der Waals surface area contributed by atoms with Gasteiger partial charge in [0.2, 0.25) is 0 Å². The first-order valence-electron chi connectivity index (χ1n) is 0. The molecular formula is H6Co2S3. The molecule has 5 heavy (non-hydrogen) atoms. The van der Waals surface area contributed by atoms with Crippen molar-refractivity contribution in [1.29, 1.82) is 0 Å². The molecule has 0 saturated heterocycles. The molecule has 0 spiro atoms. The van der Waals surface area contributed by atoms with Crippen molar-refractivity contribution in [3.63, 3.8) is 0 Å². The van der Waals surface area contributed by atoms with E-state index in [1.165, 1.54) is 0 Å². The third kappa shape index (κ3) is 23.5. The molecule has 0 bridgehead atoms. The summed E-state index contributed by atoms with van der Waals surface area (Å²) in [7, 11) is 0. The normalized spacial score (nSPS) is 0. The van der Waals surface area contributed by atoms with Crippen LogP contribution in [0.3, 0.4) is 0 Å². The van der Waals surface area contributed by atoms with Crippen LogP contribution in [0.1, 0.15) is 0 Å². The molecule has 5 heteroatoms. The van der Waals surface area contributed by atoms with Gasteiger partial charge in [-0.15, -0.1) is 0 Å². The molecule has 0 aliphatic rings. The third-order valence-electron chi connectivity index (χ3n) is 0. The summed E-state index contributed by atoms with van der Waals surface area (Å²) in [6, 6.07) is 0. The Morgan fingerprint density at radius 3 is 0.400 bits per heavy atom. The number of hydrogen-bond acceptors (Lipinski definition) is 0. The van der Waals surface area contributed by atoms with E-state index in [0.717, 1.165) is 0 Å². The minimum atomic E-state index is 0. The molecule has 0 aromatic rings. The topological polar surface area (TPSA) is 0 Å². The van der Waals surface area contributed by atoms with E-state index in [4.69, 9.17) is 0 Å². The van der Waals surface area contributed by atoms with E-state index in [-0.39, 0.29) is 74.0 Å². The largest absolute Gasteiger partial charge is 0.197 e. The monoisotopic (exact) mass is 220 g/mol. The van der Waals surface area contributed by atoms with Crippen molar-refractivity contribution in [2.45, 2.75) is 0 Å². The molecule has 0 heterocycles. The maximum atomic E-state index is 0. The second-order valence-corrected chi connectivity index (χ2v) is 0. The molecule has 0 aromatic heterocycles. The van der Waals surface area contributed by atoms with Gasteiger partial charge in [0.25, 0.3) is 0 Å². The van der Waals surface area contributed by atoms with Crippen molar-refractivity contribution in [1.82, 2.24) is 0 Å². The maximum Gasteiger partial charge on any atom is 0 e. The van der Waals surface area contributed by atoms with Gasteiger partial charge in [-0.2, -0.15) is 40.5 Å². The molecule has 0 nitrogen and oxygen atoms in total. The predicted octanol–water partition coefficient (Wildman–Crippen LogP) is 0.333. The van der Waals surface area contributed by atoms with Gasteiger partial charge in [-0.1, -0.05) is 0 Å². The summed E-state index contributed by atoms with van der Waals surface area (Å²) in [5, 5.41) is 0. The van der Waals surface area contributed by atoms with Gasteiger partial charge in [0.15, 0.2) is 0 Å². The van der Waals surface area contributed by atoms with Gasteiger partial charge >= 0.3 is 0 Å². The van der Waals surface area contributed by atoms with Crippen LogP contribution in [0.25, 0.3) is 0 Å². The Morgan fingerprint density at radius 2 is 0.400 bits per heavy atom. The summed E-state index contributed by atoms with van der Waals surface area (Å²) >= 11 is 0. The van der Waals surface area contributed by atoms with E-state index in [0.29, 0.717) is 0 Å². The second-order valence-electron chi connectivity index (χ2n) is 0. The van der Waals surface area contributed by atoms with E-state index in [9.17, 15) is 0 Å². The van der Waals surface area contributed by atoms with Crippen LogP contribution >= 0.6 is 40.5 Å². The molecular weight excluding hydrogens is 214 g/mol. The molecule has 0 amide bonds. The van der Waals surface area contributed by atoms with Crippen molar-refractivity contribution in [3.05, 3.63) is 0 Å². The number of rotatable bonds is 0.